The zero-order chi connectivity index (χ0) is 29.5. The topological polar surface area (TPSA) is 65.2 Å². The van der Waals surface area contributed by atoms with E-state index in [-0.39, 0.29) is 0 Å². The standard InChI is InChI=1S/C40H22N2O3/c1-4-10-34-26(7-1)29-16-13-24(20-38(29)44-34)33-22-32(23-15-18-37-31(19-23)28-9-3-6-12-36(28)43-37)41-40(42-33)25-14-17-30-27-8-2-5-11-35(27)45-39(30)21-25/h1-22H. The fourth-order valence-electron chi connectivity index (χ4n) is 6.51. The first-order valence-electron chi connectivity index (χ1n) is 14.9. The van der Waals surface area contributed by atoms with Crippen LogP contribution in [0, 0.1) is 0 Å². The molecule has 0 spiro atoms. The lowest BCUT2D eigenvalue weighted by Gasteiger charge is -2.10. The molecule has 0 fully saturated rings. The molecule has 0 atom stereocenters. The smallest absolute Gasteiger partial charge is 0.160 e. The molecular weight excluding hydrogens is 556 g/mol. The van der Waals surface area contributed by atoms with Crippen molar-refractivity contribution in [2.75, 3.05) is 0 Å². The van der Waals surface area contributed by atoms with E-state index in [0.29, 0.717) is 5.82 Å². The Morgan fingerprint density at radius 1 is 0.311 bits per heavy atom. The average molecular weight is 579 g/mol. The summed E-state index contributed by atoms with van der Waals surface area (Å²) < 4.78 is 18.6. The normalized spacial score (nSPS) is 12.0. The molecule has 5 nitrogen and oxygen atoms in total. The van der Waals surface area contributed by atoms with Crippen LogP contribution in [0.25, 0.3) is 99.7 Å². The maximum absolute atomic E-state index is 6.24. The average Bonchev–Trinajstić information content (AvgIpc) is 3.78. The molecule has 0 aliphatic rings. The van der Waals surface area contributed by atoms with Gasteiger partial charge >= 0.3 is 0 Å². The van der Waals surface area contributed by atoms with Crippen LogP contribution in [-0.4, -0.2) is 9.97 Å². The van der Waals surface area contributed by atoms with E-state index >= 15 is 0 Å². The molecule has 10 rings (SSSR count). The molecule has 0 saturated carbocycles. The van der Waals surface area contributed by atoms with Gasteiger partial charge in [-0.25, -0.2) is 9.97 Å². The first kappa shape index (κ1) is 24.3. The summed E-state index contributed by atoms with van der Waals surface area (Å²) in [6.45, 7) is 0. The van der Waals surface area contributed by atoms with Gasteiger partial charge in [0.05, 0.1) is 11.4 Å². The lowest BCUT2D eigenvalue weighted by Crippen LogP contribution is -1.96. The van der Waals surface area contributed by atoms with Crippen LogP contribution in [0.1, 0.15) is 0 Å². The van der Waals surface area contributed by atoms with Crippen molar-refractivity contribution in [1.29, 1.82) is 0 Å². The number of para-hydroxylation sites is 3. The Kier molecular flexibility index (Phi) is 4.93. The summed E-state index contributed by atoms with van der Waals surface area (Å²) in [5, 5.41) is 6.47. The van der Waals surface area contributed by atoms with Crippen LogP contribution in [0.15, 0.2) is 147 Å². The van der Waals surface area contributed by atoms with E-state index in [0.717, 1.165) is 93.9 Å². The third-order valence-corrected chi connectivity index (χ3v) is 8.71. The van der Waals surface area contributed by atoms with E-state index in [1.165, 1.54) is 0 Å². The predicted octanol–water partition coefficient (Wildman–Crippen LogP) is 11.2. The van der Waals surface area contributed by atoms with E-state index in [2.05, 4.69) is 66.7 Å². The minimum absolute atomic E-state index is 0.617. The highest BCUT2D eigenvalue weighted by Crippen LogP contribution is 2.37. The van der Waals surface area contributed by atoms with Crippen LogP contribution in [0.2, 0.25) is 0 Å². The van der Waals surface area contributed by atoms with Gasteiger partial charge in [-0.15, -0.1) is 0 Å². The number of aromatic nitrogens is 2. The molecule has 0 saturated heterocycles. The molecule has 5 heteroatoms. The van der Waals surface area contributed by atoms with Crippen molar-refractivity contribution in [2.24, 2.45) is 0 Å². The van der Waals surface area contributed by atoms with E-state index in [1.54, 1.807) is 0 Å². The van der Waals surface area contributed by atoms with Crippen molar-refractivity contribution in [3.63, 3.8) is 0 Å². The molecule has 0 amide bonds. The lowest BCUT2D eigenvalue weighted by molar-refractivity contribution is 0.668. The third kappa shape index (κ3) is 3.74. The van der Waals surface area contributed by atoms with Crippen LogP contribution in [0.3, 0.4) is 0 Å². The number of nitrogens with zero attached hydrogens (tertiary/aromatic N) is 2. The van der Waals surface area contributed by atoms with E-state index in [4.69, 9.17) is 23.2 Å². The Labute approximate surface area is 256 Å². The van der Waals surface area contributed by atoms with Gasteiger partial charge in [0.2, 0.25) is 0 Å². The third-order valence-electron chi connectivity index (χ3n) is 8.71. The van der Waals surface area contributed by atoms with Crippen LogP contribution in [0.5, 0.6) is 0 Å². The molecule has 6 aromatic carbocycles. The molecule has 4 aromatic heterocycles. The second-order valence-electron chi connectivity index (χ2n) is 11.4. The van der Waals surface area contributed by atoms with Gasteiger partial charge in [-0.05, 0) is 66.7 Å². The zero-order valence-electron chi connectivity index (χ0n) is 23.8. The molecule has 45 heavy (non-hydrogen) atoms. The molecule has 0 aliphatic heterocycles. The van der Waals surface area contributed by atoms with Gasteiger partial charge < -0.3 is 13.3 Å². The van der Waals surface area contributed by atoms with Crippen molar-refractivity contribution in [2.45, 2.75) is 0 Å². The maximum Gasteiger partial charge on any atom is 0.160 e. The number of benzene rings is 6. The van der Waals surface area contributed by atoms with Crippen molar-refractivity contribution in [3.8, 4) is 33.9 Å². The summed E-state index contributed by atoms with van der Waals surface area (Å²) in [7, 11) is 0. The fraction of sp³-hybridized carbons (Fsp3) is 0. The Bertz CT molecular complexity index is 2650. The lowest BCUT2D eigenvalue weighted by atomic mass is 10.0. The highest BCUT2D eigenvalue weighted by Gasteiger charge is 2.16. The monoisotopic (exact) mass is 578 g/mol. The Morgan fingerprint density at radius 3 is 1.36 bits per heavy atom. The summed E-state index contributed by atoms with van der Waals surface area (Å²) >= 11 is 0. The molecule has 10 aromatic rings. The highest BCUT2D eigenvalue weighted by atomic mass is 16.3. The van der Waals surface area contributed by atoms with Gasteiger partial charge in [0.25, 0.3) is 0 Å². The number of fused-ring (bicyclic) bond motifs is 9. The molecule has 210 valence electrons. The molecule has 0 unspecified atom stereocenters. The summed E-state index contributed by atoms with van der Waals surface area (Å²) in [6.07, 6.45) is 0. The van der Waals surface area contributed by atoms with E-state index in [9.17, 15) is 0 Å². The van der Waals surface area contributed by atoms with Gasteiger partial charge in [0.1, 0.15) is 33.5 Å². The quantitative estimate of drug-likeness (QED) is 0.209. The number of rotatable bonds is 3. The Morgan fingerprint density at radius 2 is 0.733 bits per heavy atom. The van der Waals surface area contributed by atoms with Crippen LogP contribution in [-0.2, 0) is 0 Å². The van der Waals surface area contributed by atoms with Crippen molar-refractivity contribution < 1.29 is 13.3 Å². The molecule has 0 aliphatic carbocycles. The number of hydrogen-bond donors (Lipinski definition) is 0. The van der Waals surface area contributed by atoms with E-state index in [1.807, 2.05) is 66.7 Å². The molecule has 0 N–H and O–H groups in total. The van der Waals surface area contributed by atoms with Crippen molar-refractivity contribution >= 4 is 65.8 Å². The molecular formula is C40H22N2O3. The molecule has 4 heterocycles. The number of furan rings is 3. The summed E-state index contributed by atoms with van der Waals surface area (Å²) in [6, 6.07) is 45.1. The van der Waals surface area contributed by atoms with Crippen molar-refractivity contribution in [1.82, 2.24) is 9.97 Å². The first-order chi connectivity index (χ1) is 22.2. The number of hydrogen-bond acceptors (Lipinski definition) is 5. The fourth-order valence-corrected chi connectivity index (χ4v) is 6.51. The van der Waals surface area contributed by atoms with E-state index < -0.39 is 0 Å². The minimum Gasteiger partial charge on any atom is -0.456 e. The van der Waals surface area contributed by atoms with Gasteiger partial charge in [0.15, 0.2) is 5.82 Å². The highest BCUT2D eigenvalue weighted by molar-refractivity contribution is 6.08. The van der Waals surface area contributed by atoms with Gasteiger partial charge in [-0.3, -0.25) is 0 Å². The summed E-state index contributed by atoms with van der Waals surface area (Å²) in [5.74, 6) is 0.617. The molecule has 0 radical (unpaired) electrons. The second kappa shape index (κ2) is 9.15. The summed E-state index contributed by atoms with van der Waals surface area (Å²) in [4.78, 5) is 10.2. The van der Waals surface area contributed by atoms with Gasteiger partial charge in [-0.1, -0.05) is 66.7 Å². The largest absolute Gasteiger partial charge is 0.456 e. The first-order valence-corrected chi connectivity index (χ1v) is 14.9. The SMILES string of the molecule is c1ccc2c(c1)oc1cc(-c3cc(-c4ccc5oc6ccccc6c5c4)nc(-c4ccc5c(c4)oc4ccccc45)n3)ccc12. The van der Waals surface area contributed by atoms with Crippen LogP contribution in [0.4, 0.5) is 0 Å². The Hall–Kier alpha value is -6.20. The van der Waals surface area contributed by atoms with Gasteiger partial charge in [0, 0.05) is 49.0 Å². The molecule has 0 bridgehead atoms. The second-order valence-corrected chi connectivity index (χ2v) is 11.4. The maximum atomic E-state index is 6.24. The Balaban J connectivity index is 1.19. The zero-order valence-corrected chi connectivity index (χ0v) is 23.8. The van der Waals surface area contributed by atoms with Crippen LogP contribution < -0.4 is 0 Å². The van der Waals surface area contributed by atoms with Crippen molar-refractivity contribution in [3.05, 3.63) is 133 Å². The van der Waals surface area contributed by atoms with Crippen LogP contribution >= 0.6 is 0 Å². The summed E-state index contributed by atoms with van der Waals surface area (Å²) in [5.41, 5.74) is 9.50. The van der Waals surface area contributed by atoms with Gasteiger partial charge in [-0.2, -0.15) is 0 Å². The predicted molar refractivity (Wildman–Crippen MR) is 180 cm³/mol. The minimum atomic E-state index is 0.617.